The third-order valence-electron chi connectivity index (χ3n) is 6.07. The molecular weight excluding hydrogens is 497 g/mol. The van der Waals surface area contributed by atoms with Crippen molar-refractivity contribution >= 4 is 36.2 Å². The van der Waals surface area contributed by atoms with E-state index < -0.39 is 24.6 Å². The van der Waals surface area contributed by atoms with E-state index in [1.54, 1.807) is 28.9 Å². The molecule has 10 nitrogen and oxygen atoms in total. The Bertz CT molecular complexity index is 1150. The predicted molar refractivity (Wildman–Crippen MR) is 142 cm³/mol. The molecule has 2 atom stereocenters. The fraction of sp³-hybridized carbons (Fsp3) is 0.520. The molecule has 0 aliphatic carbocycles. The molecule has 2 amide bonds. The number of hydrogen-bond acceptors (Lipinski definition) is 7. The summed E-state index contributed by atoms with van der Waals surface area (Å²) in [6.45, 7) is 9.62. The summed E-state index contributed by atoms with van der Waals surface area (Å²) in [5, 5.41) is 34.2. The molecule has 2 aromatic rings. The van der Waals surface area contributed by atoms with Gasteiger partial charge in [0.15, 0.2) is 0 Å². The number of amides is 2. The standard InChI is InChI=1S/C25H35BClN5O5/c1-15(2)9-22(26(35)36)29-24(34)25(12-18-7-6-8-19(27)11-18)13-20(31-37-25)14-28-23(33)21-10-17(5)30-32(21)16(3)4/h6-8,10-11,15-16,22,35-36H,9,12-14H2,1-5H3,(H,28,33)(H,29,34)/t22-,25?/m0/s1. The largest absolute Gasteiger partial charge is 0.475 e. The van der Waals surface area contributed by atoms with Crippen LogP contribution in [0.1, 0.15) is 68.3 Å². The Balaban J connectivity index is 1.77. The van der Waals surface area contributed by atoms with Crippen LogP contribution in [0.2, 0.25) is 5.02 Å². The maximum absolute atomic E-state index is 13.5. The molecule has 0 spiro atoms. The highest BCUT2D eigenvalue weighted by atomic mass is 35.5. The SMILES string of the molecule is Cc1cc(C(=O)NCC2=NOC(Cc3cccc(Cl)c3)(C(=O)N[C@@H](CC(C)C)B(O)O)C2)n(C(C)C)n1. The Hall–Kier alpha value is -2.89. The van der Waals surface area contributed by atoms with Crippen LogP contribution in [0.25, 0.3) is 0 Å². The van der Waals surface area contributed by atoms with Crippen molar-refractivity contribution in [2.24, 2.45) is 11.1 Å². The Morgan fingerprint density at radius 3 is 2.59 bits per heavy atom. The van der Waals surface area contributed by atoms with Gasteiger partial charge in [-0.05, 0) is 56.9 Å². The van der Waals surface area contributed by atoms with Gasteiger partial charge in [-0.3, -0.25) is 14.3 Å². The summed E-state index contributed by atoms with van der Waals surface area (Å²) in [5.74, 6) is -1.60. The highest BCUT2D eigenvalue weighted by molar-refractivity contribution is 6.43. The van der Waals surface area contributed by atoms with Gasteiger partial charge in [0.2, 0.25) is 5.60 Å². The maximum atomic E-state index is 13.5. The summed E-state index contributed by atoms with van der Waals surface area (Å²) in [5.41, 5.74) is 0.959. The summed E-state index contributed by atoms with van der Waals surface area (Å²) in [4.78, 5) is 32.1. The molecular formula is C25H35BClN5O5. The van der Waals surface area contributed by atoms with Crippen molar-refractivity contribution < 1.29 is 24.5 Å². The molecule has 2 heterocycles. The van der Waals surface area contributed by atoms with Gasteiger partial charge in [0.05, 0.1) is 23.9 Å². The summed E-state index contributed by atoms with van der Waals surface area (Å²) in [6, 6.07) is 8.80. The van der Waals surface area contributed by atoms with Crippen molar-refractivity contribution in [3.05, 3.63) is 52.3 Å². The zero-order valence-electron chi connectivity index (χ0n) is 21.9. The number of halogens is 1. The van der Waals surface area contributed by atoms with Gasteiger partial charge in [-0.2, -0.15) is 5.10 Å². The molecule has 0 saturated heterocycles. The second kappa shape index (κ2) is 12.1. The molecule has 1 aliphatic rings. The van der Waals surface area contributed by atoms with Crippen molar-refractivity contribution in [3.8, 4) is 0 Å². The minimum atomic E-state index is -1.73. The smallest absolute Gasteiger partial charge is 0.426 e. The van der Waals surface area contributed by atoms with Gasteiger partial charge in [0.1, 0.15) is 5.69 Å². The summed E-state index contributed by atoms with van der Waals surface area (Å²) < 4.78 is 1.66. The van der Waals surface area contributed by atoms with Gasteiger partial charge >= 0.3 is 7.12 Å². The van der Waals surface area contributed by atoms with E-state index in [1.807, 2.05) is 40.7 Å². The molecule has 0 saturated carbocycles. The van der Waals surface area contributed by atoms with Crippen LogP contribution in [-0.4, -0.2) is 62.6 Å². The van der Waals surface area contributed by atoms with E-state index in [9.17, 15) is 19.6 Å². The van der Waals surface area contributed by atoms with Gasteiger partial charge in [0.25, 0.3) is 11.8 Å². The second-order valence-electron chi connectivity index (χ2n) is 10.2. The predicted octanol–water partition coefficient (Wildman–Crippen LogP) is 2.46. The fourth-order valence-corrected chi connectivity index (χ4v) is 4.54. The van der Waals surface area contributed by atoms with Gasteiger partial charge in [0, 0.05) is 23.9 Å². The molecule has 200 valence electrons. The van der Waals surface area contributed by atoms with E-state index >= 15 is 0 Å². The number of nitrogens with zero attached hydrogens (tertiary/aromatic N) is 3. The summed E-state index contributed by atoms with van der Waals surface area (Å²) in [7, 11) is -1.73. The first kappa shape index (κ1) is 28.7. The van der Waals surface area contributed by atoms with Gasteiger partial charge in [-0.15, -0.1) is 0 Å². The first-order valence-electron chi connectivity index (χ1n) is 12.4. The van der Waals surface area contributed by atoms with Crippen LogP contribution < -0.4 is 10.6 Å². The van der Waals surface area contributed by atoms with E-state index in [4.69, 9.17) is 16.4 Å². The number of benzene rings is 1. The van der Waals surface area contributed by atoms with Crippen molar-refractivity contribution in [1.29, 1.82) is 0 Å². The van der Waals surface area contributed by atoms with Crippen LogP contribution in [0.3, 0.4) is 0 Å². The van der Waals surface area contributed by atoms with Crippen molar-refractivity contribution in [2.45, 2.75) is 71.5 Å². The summed E-state index contributed by atoms with van der Waals surface area (Å²) >= 11 is 6.16. The topological polar surface area (TPSA) is 138 Å². The lowest BCUT2D eigenvalue weighted by Gasteiger charge is -2.29. The molecule has 1 aromatic heterocycles. The average molecular weight is 532 g/mol. The third kappa shape index (κ3) is 7.33. The Labute approximate surface area is 222 Å². The number of carbonyl (C=O) groups excluding carboxylic acids is 2. The number of aromatic nitrogens is 2. The van der Waals surface area contributed by atoms with Gasteiger partial charge in [-0.25, -0.2) is 0 Å². The molecule has 37 heavy (non-hydrogen) atoms. The normalized spacial score (nSPS) is 17.9. The van der Waals surface area contributed by atoms with E-state index in [0.717, 1.165) is 11.3 Å². The first-order chi connectivity index (χ1) is 17.4. The Kier molecular flexibility index (Phi) is 9.38. The van der Waals surface area contributed by atoms with E-state index in [0.29, 0.717) is 22.8 Å². The number of aryl methyl sites for hydroxylation is 1. The Morgan fingerprint density at radius 2 is 1.97 bits per heavy atom. The molecule has 1 unspecified atom stereocenters. The monoisotopic (exact) mass is 531 g/mol. The van der Waals surface area contributed by atoms with Crippen LogP contribution in [0.5, 0.6) is 0 Å². The molecule has 4 N–H and O–H groups in total. The van der Waals surface area contributed by atoms with Crippen LogP contribution >= 0.6 is 11.6 Å². The molecule has 0 radical (unpaired) electrons. The number of rotatable bonds is 11. The minimum absolute atomic E-state index is 0.0105. The first-order valence-corrected chi connectivity index (χ1v) is 12.8. The molecule has 1 aliphatic heterocycles. The zero-order chi connectivity index (χ0) is 27.3. The quantitative estimate of drug-likeness (QED) is 0.329. The number of carbonyl (C=O) groups is 2. The van der Waals surface area contributed by atoms with Crippen molar-refractivity contribution in [1.82, 2.24) is 20.4 Å². The highest BCUT2D eigenvalue weighted by Crippen LogP contribution is 2.30. The highest BCUT2D eigenvalue weighted by Gasteiger charge is 2.48. The van der Waals surface area contributed by atoms with Crippen LogP contribution in [0.15, 0.2) is 35.5 Å². The lowest BCUT2D eigenvalue weighted by molar-refractivity contribution is -0.144. The number of nitrogens with one attached hydrogen (secondary N) is 2. The molecule has 0 bridgehead atoms. The molecule has 1 aromatic carbocycles. The van der Waals surface area contributed by atoms with Crippen molar-refractivity contribution in [2.75, 3.05) is 6.54 Å². The van der Waals surface area contributed by atoms with Crippen molar-refractivity contribution in [3.63, 3.8) is 0 Å². The molecule has 0 fully saturated rings. The zero-order valence-corrected chi connectivity index (χ0v) is 22.6. The molecule has 12 heteroatoms. The van der Waals surface area contributed by atoms with E-state index in [2.05, 4.69) is 20.9 Å². The van der Waals surface area contributed by atoms with Crippen LogP contribution in [-0.2, 0) is 16.1 Å². The summed E-state index contributed by atoms with van der Waals surface area (Å²) in [6.07, 6.45) is 0.614. The fourth-order valence-electron chi connectivity index (χ4n) is 4.33. The lowest BCUT2D eigenvalue weighted by atomic mass is 9.74. The molecule has 3 rings (SSSR count). The van der Waals surface area contributed by atoms with E-state index in [-0.39, 0.29) is 37.3 Å². The maximum Gasteiger partial charge on any atom is 0.475 e. The lowest BCUT2D eigenvalue weighted by Crippen LogP contribution is -2.56. The third-order valence-corrected chi connectivity index (χ3v) is 6.30. The number of oxime groups is 1. The minimum Gasteiger partial charge on any atom is -0.426 e. The Morgan fingerprint density at radius 1 is 1.24 bits per heavy atom. The van der Waals surface area contributed by atoms with Crippen LogP contribution in [0, 0.1) is 12.8 Å². The number of hydrogen-bond donors (Lipinski definition) is 4. The van der Waals surface area contributed by atoms with Crippen LogP contribution in [0.4, 0.5) is 0 Å². The average Bonchev–Trinajstić information content (AvgIpc) is 3.41. The van der Waals surface area contributed by atoms with Gasteiger partial charge in [-0.1, -0.05) is 42.7 Å². The second-order valence-corrected chi connectivity index (χ2v) is 10.7. The van der Waals surface area contributed by atoms with Gasteiger partial charge < -0.3 is 25.5 Å². The van der Waals surface area contributed by atoms with E-state index in [1.165, 1.54) is 0 Å².